The van der Waals surface area contributed by atoms with Crippen LogP contribution < -0.4 is 10.3 Å². The molecule has 0 radical (unpaired) electrons. The van der Waals surface area contributed by atoms with E-state index in [1.54, 1.807) is 17.6 Å². The summed E-state index contributed by atoms with van der Waals surface area (Å²) < 4.78 is 12.4. The Morgan fingerprint density at radius 2 is 2.00 bits per heavy atom. The van der Waals surface area contributed by atoms with Crippen LogP contribution in [0.5, 0.6) is 5.75 Å². The third-order valence-corrected chi connectivity index (χ3v) is 5.21. The van der Waals surface area contributed by atoms with Gasteiger partial charge in [-0.3, -0.25) is 14.1 Å². The van der Waals surface area contributed by atoms with Crippen LogP contribution in [0.25, 0.3) is 4.96 Å². The van der Waals surface area contributed by atoms with Gasteiger partial charge in [0.1, 0.15) is 5.75 Å². The van der Waals surface area contributed by atoms with Gasteiger partial charge in [-0.2, -0.15) is 0 Å². The van der Waals surface area contributed by atoms with E-state index in [2.05, 4.69) is 22.0 Å². The smallest absolute Gasteiger partial charge is 0.259 e. The molecule has 3 aromatic rings. The van der Waals surface area contributed by atoms with Gasteiger partial charge in [0.15, 0.2) is 4.96 Å². The zero-order valence-electron chi connectivity index (χ0n) is 16.0. The summed E-state index contributed by atoms with van der Waals surface area (Å²) in [6.45, 7) is 7.28. The molecule has 0 saturated heterocycles. The maximum absolute atomic E-state index is 12.4. The molecule has 0 amide bonds. The van der Waals surface area contributed by atoms with Crippen LogP contribution in [0, 0.1) is 6.92 Å². The standard InChI is InChI=1S/C20H25N3O3S/c1-4-26-18-7-5-16(6-8-18)12-22(9-10-25-3)13-17-11-19(24)23-15(2)14-27-20(23)21-17/h5-8,11,14H,4,9-10,12-13H2,1-3H3. The van der Waals surface area contributed by atoms with Crippen molar-refractivity contribution in [3.8, 4) is 5.75 Å². The van der Waals surface area contributed by atoms with Crippen LogP contribution in [0.4, 0.5) is 0 Å². The monoisotopic (exact) mass is 387 g/mol. The minimum atomic E-state index is -0.0264. The van der Waals surface area contributed by atoms with E-state index in [-0.39, 0.29) is 5.56 Å². The molecule has 27 heavy (non-hydrogen) atoms. The van der Waals surface area contributed by atoms with Crippen LogP contribution in [0.2, 0.25) is 0 Å². The molecular formula is C20H25N3O3S. The van der Waals surface area contributed by atoms with Gasteiger partial charge in [-0.05, 0) is 31.5 Å². The lowest BCUT2D eigenvalue weighted by atomic mass is 10.2. The third kappa shape index (κ3) is 4.94. The largest absolute Gasteiger partial charge is 0.494 e. The van der Waals surface area contributed by atoms with E-state index >= 15 is 0 Å². The Bertz CT molecular complexity index is 934. The van der Waals surface area contributed by atoms with E-state index in [4.69, 9.17) is 9.47 Å². The Labute approximate surface area is 163 Å². The molecule has 0 saturated carbocycles. The van der Waals surface area contributed by atoms with Gasteiger partial charge in [0, 0.05) is 43.9 Å². The van der Waals surface area contributed by atoms with Crippen molar-refractivity contribution in [3.05, 3.63) is 63.0 Å². The van der Waals surface area contributed by atoms with E-state index in [1.807, 2.05) is 31.4 Å². The molecular weight excluding hydrogens is 362 g/mol. The topological polar surface area (TPSA) is 56.1 Å². The summed E-state index contributed by atoms with van der Waals surface area (Å²) in [5, 5.41) is 1.95. The highest BCUT2D eigenvalue weighted by atomic mass is 32.1. The second-order valence-corrected chi connectivity index (χ2v) is 7.20. The van der Waals surface area contributed by atoms with Crippen molar-refractivity contribution in [2.45, 2.75) is 26.9 Å². The van der Waals surface area contributed by atoms with Crippen molar-refractivity contribution in [2.75, 3.05) is 26.9 Å². The highest BCUT2D eigenvalue weighted by Crippen LogP contribution is 2.16. The Morgan fingerprint density at radius 1 is 1.22 bits per heavy atom. The molecule has 0 atom stereocenters. The van der Waals surface area contributed by atoms with Gasteiger partial charge in [0.05, 0.1) is 18.9 Å². The number of hydrogen-bond acceptors (Lipinski definition) is 6. The first-order valence-corrected chi connectivity index (χ1v) is 9.88. The molecule has 0 aliphatic rings. The van der Waals surface area contributed by atoms with Gasteiger partial charge in [-0.25, -0.2) is 4.98 Å². The van der Waals surface area contributed by atoms with Gasteiger partial charge in [-0.15, -0.1) is 11.3 Å². The Balaban J connectivity index is 1.77. The average Bonchev–Trinajstić information content (AvgIpc) is 3.03. The van der Waals surface area contributed by atoms with Gasteiger partial charge >= 0.3 is 0 Å². The fourth-order valence-electron chi connectivity index (χ4n) is 2.96. The molecule has 2 aromatic heterocycles. The molecule has 0 aliphatic heterocycles. The Kier molecular flexibility index (Phi) is 6.60. The van der Waals surface area contributed by atoms with E-state index in [0.717, 1.165) is 35.2 Å². The lowest BCUT2D eigenvalue weighted by Crippen LogP contribution is -2.28. The van der Waals surface area contributed by atoms with Crippen molar-refractivity contribution in [1.82, 2.24) is 14.3 Å². The molecule has 0 N–H and O–H groups in total. The van der Waals surface area contributed by atoms with E-state index in [1.165, 1.54) is 16.9 Å². The summed E-state index contributed by atoms with van der Waals surface area (Å²) in [5.74, 6) is 0.873. The maximum atomic E-state index is 12.4. The van der Waals surface area contributed by atoms with Gasteiger partial charge in [-0.1, -0.05) is 12.1 Å². The number of ether oxygens (including phenoxy) is 2. The number of thiazole rings is 1. The number of rotatable bonds is 9. The van der Waals surface area contributed by atoms with Crippen LogP contribution in [-0.2, 0) is 17.8 Å². The van der Waals surface area contributed by atoms with E-state index in [9.17, 15) is 4.79 Å². The quantitative estimate of drug-likeness (QED) is 0.565. The predicted molar refractivity (Wildman–Crippen MR) is 108 cm³/mol. The number of hydrogen-bond donors (Lipinski definition) is 0. The SMILES string of the molecule is CCOc1ccc(CN(CCOC)Cc2cc(=O)n3c(C)csc3n2)cc1. The number of benzene rings is 1. The van der Waals surface area contributed by atoms with Crippen LogP contribution in [0.1, 0.15) is 23.9 Å². The zero-order chi connectivity index (χ0) is 19.2. The third-order valence-electron chi connectivity index (χ3n) is 4.27. The molecule has 0 bridgehead atoms. The second kappa shape index (κ2) is 9.12. The van der Waals surface area contributed by atoms with Gasteiger partial charge < -0.3 is 9.47 Å². The molecule has 0 aliphatic carbocycles. The number of methoxy groups -OCH3 is 1. The van der Waals surface area contributed by atoms with Crippen LogP contribution >= 0.6 is 11.3 Å². The van der Waals surface area contributed by atoms with Gasteiger partial charge in [0.2, 0.25) is 0 Å². The minimum Gasteiger partial charge on any atom is -0.494 e. The first kappa shape index (κ1) is 19.5. The van der Waals surface area contributed by atoms with Gasteiger partial charge in [0.25, 0.3) is 5.56 Å². The van der Waals surface area contributed by atoms with Crippen molar-refractivity contribution in [3.63, 3.8) is 0 Å². The highest BCUT2D eigenvalue weighted by Gasteiger charge is 2.12. The molecule has 6 nitrogen and oxygen atoms in total. The fraction of sp³-hybridized carbons (Fsp3) is 0.400. The Morgan fingerprint density at radius 3 is 2.70 bits per heavy atom. The summed E-state index contributed by atoms with van der Waals surface area (Å²) in [6.07, 6.45) is 0. The molecule has 2 heterocycles. The van der Waals surface area contributed by atoms with Crippen molar-refractivity contribution in [1.29, 1.82) is 0 Å². The van der Waals surface area contributed by atoms with Crippen LogP contribution in [-0.4, -0.2) is 41.2 Å². The molecule has 144 valence electrons. The summed E-state index contributed by atoms with van der Waals surface area (Å²) >= 11 is 1.49. The molecule has 7 heteroatoms. The fourth-order valence-corrected chi connectivity index (χ4v) is 3.85. The summed E-state index contributed by atoms with van der Waals surface area (Å²) in [4.78, 5) is 20.0. The molecule has 0 fully saturated rings. The predicted octanol–water partition coefficient (Wildman–Crippen LogP) is 3.11. The summed E-state index contributed by atoms with van der Waals surface area (Å²) in [6, 6.07) is 9.74. The molecule has 1 aromatic carbocycles. The lowest BCUT2D eigenvalue weighted by molar-refractivity contribution is 0.139. The van der Waals surface area contributed by atoms with Crippen LogP contribution in [0.15, 0.2) is 40.5 Å². The number of aromatic nitrogens is 2. The van der Waals surface area contributed by atoms with E-state index in [0.29, 0.717) is 19.8 Å². The number of fused-ring (bicyclic) bond motifs is 1. The Hall–Kier alpha value is -2.22. The number of aryl methyl sites for hydroxylation is 1. The number of nitrogens with zero attached hydrogens (tertiary/aromatic N) is 3. The first-order chi connectivity index (χ1) is 13.1. The summed E-state index contributed by atoms with van der Waals surface area (Å²) in [7, 11) is 1.69. The lowest BCUT2D eigenvalue weighted by Gasteiger charge is -2.22. The molecule has 0 spiro atoms. The minimum absolute atomic E-state index is 0.0264. The van der Waals surface area contributed by atoms with Crippen molar-refractivity contribution < 1.29 is 9.47 Å². The highest BCUT2D eigenvalue weighted by molar-refractivity contribution is 7.15. The first-order valence-electron chi connectivity index (χ1n) is 9.00. The van der Waals surface area contributed by atoms with Crippen molar-refractivity contribution >= 4 is 16.3 Å². The maximum Gasteiger partial charge on any atom is 0.259 e. The average molecular weight is 388 g/mol. The van der Waals surface area contributed by atoms with Crippen molar-refractivity contribution in [2.24, 2.45) is 0 Å². The van der Waals surface area contributed by atoms with E-state index < -0.39 is 0 Å². The normalized spacial score (nSPS) is 11.4. The molecule has 0 unspecified atom stereocenters. The second-order valence-electron chi connectivity index (χ2n) is 6.36. The summed E-state index contributed by atoms with van der Waals surface area (Å²) in [5.41, 5.74) is 2.86. The molecule has 3 rings (SSSR count). The van der Waals surface area contributed by atoms with Crippen LogP contribution in [0.3, 0.4) is 0 Å². The zero-order valence-corrected chi connectivity index (χ0v) is 16.8.